The minimum Gasteiger partial charge on any atom is -0.477 e. The van der Waals surface area contributed by atoms with Gasteiger partial charge in [0.15, 0.2) is 0 Å². The lowest BCUT2D eigenvalue weighted by atomic mass is 10.2. The summed E-state index contributed by atoms with van der Waals surface area (Å²) in [6.45, 7) is 3.41. The van der Waals surface area contributed by atoms with E-state index in [1.54, 1.807) is 0 Å². The monoisotopic (exact) mass is 254 g/mol. The van der Waals surface area contributed by atoms with E-state index in [1.807, 2.05) is 7.05 Å². The van der Waals surface area contributed by atoms with Gasteiger partial charge in [-0.2, -0.15) is 0 Å². The van der Waals surface area contributed by atoms with Crippen molar-refractivity contribution in [1.29, 1.82) is 0 Å². The standard InChI is InChI=1S/C14H23FN2O/c1-3-4-5-6-7-8-18-14-12(10-16-2)9-13(15)11-17-14/h9,11,16H,3-8,10H2,1-2H3. The molecular formula is C14H23FN2O. The molecule has 0 aliphatic heterocycles. The third kappa shape index (κ3) is 5.45. The molecule has 18 heavy (non-hydrogen) atoms. The Morgan fingerprint density at radius 2 is 2.06 bits per heavy atom. The molecule has 4 heteroatoms. The molecular weight excluding hydrogens is 231 g/mol. The van der Waals surface area contributed by atoms with Gasteiger partial charge in [0.1, 0.15) is 5.82 Å². The number of unbranched alkanes of at least 4 members (excludes halogenated alkanes) is 4. The summed E-state index contributed by atoms with van der Waals surface area (Å²) in [5, 5.41) is 2.98. The van der Waals surface area contributed by atoms with Crippen molar-refractivity contribution >= 4 is 0 Å². The SMILES string of the molecule is CCCCCCCOc1ncc(F)cc1CNC. The molecule has 1 rings (SSSR count). The average Bonchev–Trinajstić information content (AvgIpc) is 2.36. The van der Waals surface area contributed by atoms with Gasteiger partial charge in [-0.25, -0.2) is 9.37 Å². The molecule has 0 radical (unpaired) electrons. The normalized spacial score (nSPS) is 10.6. The lowest BCUT2D eigenvalue weighted by molar-refractivity contribution is 0.289. The summed E-state index contributed by atoms with van der Waals surface area (Å²) < 4.78 is 18.7. The van der Waals surface area contributed by atoms with Crippen LogP contribution in [0.3, 0.4) is 0 Å². The first-order chi connectivity index (χ1) is 8.77. The Balaban J connectivity index is 2.36. The Morgan fingerprint density at radius 1 is 1.28 bits per heavy atom. The third-order valence-electron chi connectivity index (χ3n) is 2.75. The maximum atomic E-state index is 13.1. The van der Waals surface area contributed by atoms with Crippen LogP contribution in [0, 0.1) is 5.82 Å². The fraction of sp³-hybridized carbons (Fsp3) is 0.643. The van der Waals surface area contributed by atoms with E-state index in [1.165, 1.54) is 37.9 Å². The highest BCUT2D eigenvalue weighted by molar-refractivity contribution is 5.25. The number of halogens is 1. The molecule has 1 aromatic heterocycles. The summed E-state index contributed by atoms with van der Waals surface area (Å²) in [5.74, 6) is 0.219. The number of rotatable bonds is 9. The van der Waals surface area contributed by atoms with Gasteiger partial charge in [-0.1, -0.05) is 32.6 Å². The number of ether oxygens (including phenoxy) is 1. The Kier molecular flexibility index (Phi) is 7.34. The van der Waals surface area contributed by atoms with Crippen LogP contribution in [0.2, 0.25) is 0 Å². The third-order valence-corrected chi connectivity index (χ3v) is 2.75. The smallest absolute Gasteiger partial charge is 0.218 e. The van der Waals surface area contributed by atoms with Gasteiger partial charge in [0, 0.05) is 12.1 Å². The van der Waals surface area contributed by atoms with Gasteiger partial charge in [-0.15, -0.1) is 0 Å². The van der Waals surface area contributed by atoms with Crippen LogP contribution in [0.4, 0.5) is 4.39 Å². The summed E-state index contributed by atoms with van der Waals surface area (Å²) in [6, 6.07) is 1.47. The van der Waals surface area contributed by atoms with Gasteiger partial charge < -0.3 is 10.1 Å². The highest BCUT2D eigenvalue weighted by Gasteiger charge is 2.06. The van der Waals surface area contributed by atoms with E-state index in [9.17, 15) is 4.39 Å². The predicted molar refractivity (Wildman–Crippen MR) is 71.2 cm³/mol. The maximum Gasteiger partial charge on any atom is 0.218 e. The van der Waals surface area contributed by atoms with Crippen molar-refractivity contribution in [2.45, 2.75) is 45.6 Å². The van der Waals surface area contributed by atoms with Crippen molar-refractivity contribution in [2.75, 3.05) is 13.7 Å². The van der Waals surface area contributed by atoms with Crippen LogP contribution in [0.1, 0.15) is 44.6 Å². The molecule has 3 nitrogen and oxygen atoms in total. The van der Waals surface area contributed by atoms with Crippen LogP contribution in [0.5, 0.6) is 5.88 Å². The highest BCUT2D eigenvalue weighted by atomic mass is 19.1. The molecule has 0 unspecified atom stereocenters. The predicted octanol–water partition coefficient (Wildman–Crippen LogP) is 3.29. The van der Waals surface area contributed by atoms with Crippen LogP contribution in [-0.4, -0.2) is 18.6 Å². The zero-order chi connectivity index (χ0) is 13.2. The van der Waals surface area contributed by atoms with E-state index >= 15 is 0 Å². The van der Waals surface area contributed by atoms with Crippen molar-refractivity contribution in [3.63, 3.8) is 0 Å². The molecule has 0 aliphatic rings. The molecule has 102 valence electrons. The summed E-state index contributed by atoms with van der Waals surface area (Å²) in [6.07, 6.45) is 7.17. The lowest BCUT2D eigenvalue weighted by Crippen LogP contribution is -2.09. The molecule has 0 atom stereocenters. The topological polar surface area (TPSA) is 34.1 Å². The zero-order valence-electron chi connectivity index (χ0n) is 11.3. The van der Waals surface area contributed by atoms with E-state index in [0.717, 1.165) is 12.0 Å². The Labute approximate surface area is 109 Å². The van der Waals surface area contributed by atoms with Gasteiger partial charge in [0.25, 0.3) is 0 Å². The first-order valence-electron chi connectivity index (χ1n) is 6.69. The van der Waals surface area contributed by atoms with Crippen LogP contribution >= 0.6 is 0 Å². The number of nitrogens with zero attached hydrogens (tertiary/aromatic N) is 1. The van der Waals surface area contributed by atoms with Crippen molar-refractivity contribution < 1.29 is 9.13 Å². The van der Waals surface area contributed by atoms with Gasteiger partial charge in [0.05, 0.1) is 12.8 Å². The molecule has 1 aromatic rings. The van der Waals surface area contributed by atoms with Crippen LogP contribution < -0.4 is 10.1 Å². The Morgan fingerprint density at radius 3 is 2.78 bits per heavy atom. The van der Waals surface area contributed by atoms with Crippen LogP contribution in [-0.2, 0) is 6.54 Å². The summed E-state index contributed by atoms with van der Waals surface area (Å²) >= 11 is 0. The van der Waals surface area contributed by atoms with E-state index in [2.05, 4.69) is 17.2 Å². The van der Waals surface area contributed by atoms with Crippen molar-refractivity contribution in [3.05, 3.63) is 23.6 Å². The number of nitrogens with one attached hydrogen (secondary N) is 1. The number of hydrogen-bond acceptors (Lipinski definition) is 3. The van der Waals surface area contributed by atoms with E-state index in [4.69, 9.17) is 4.74 Å². The molecule has 0 saturated carbocycles. The van der Waals surface area contributed by atoms with Crippen LogP contribution in [0.25, 0.3) is 0 Å². The Hall–Kier alpha value is -1.16. The summed E-state index contributed by atoms with van der Waals surface area (Å²) in [4.78, 5) is 3.99. The molecule has 0 saturated heterocycles. The van der Waals surface area contributed by atoms with E-state index < -0.39 is 0 Å². The van der Waals surface area contributed by atoms with Crippen molar-refractivity contribution in [1.82, 2.24) is 10.3 Å². The largest absolute Gasteiger partial charge is 0.477 e. The lowest BCUT2D eigenvalue weighted by Gasteiger charge is -2.10. The summed E-state index contributed by atoms with van der Waals surface area (Å²) in [5.41, 5.74) is 0.769. The van der Waals surface area contributed by atoms with Gasteiger partial charge in [-0.3, -0.25) is 0 Å². The van der Waals surface area contributed by atoms with Gasteiger partial charge in [0.2, 0.25) is 5.88 Å². The van der Waals surface area contributed by atoms with E-state index in [-0.39, 0.29) is 5.82 Å². The second-order valence-electron chi connectivity index (χ2n) is 4.41. The molecule has 0 spiro atoms. The number of aromatic nitrogens is 1. The molecule has 1 heterocycles. The second-order valence-corrected chi connectivity index (χ2v) is 4.41. The number of hydrogen-bond donors (Lipinski definition) is 1. The molecule has 0 fully saturated rings. The molecule has 0 bridgehead atoms. The van der Waals surface area contributed by atoms with E-state index in [0.29, 0.717) is 19.0 Å². The fourth-order valence-corrected chi connectivity index (χ4v) is 1.79. The molecule has 0 aliphatic carbocycles. The highest BCUT2D eigenvalue weighted by Crippen LogP contribution is 2.16. The molecule has 0 amide bonds. The van der Waals surface area contributed by atoms with Crippen molar-refractivity contribution in [2.24, 2.45) is 0 Å². The second kappa shape index (κ2) is 8.86. The molecule has 1 N–H and O–H groups in total. The first-order valence-corrected chi connectivity index (χ1v) is 6.69. The zero-order valence-corrected chi connectivity index (χ0v) is 11.3. The minimum atomic E-state index is -0.324. The maximum absolute atomic E-state index is 13.1. The first kappa shape index (κ1) is 14.9. The van der Waals surface area contributed by atoms with Gasteiger partial charge >= 0.3 is 0 Å². The molecule has 0 aromatic carbocycles. The van der Waals surface area contributed by atoms with Gasteiger partial charge in [-0.05, 0) is 19.5 Å². The fourth-order valence-electron chi connectivity index (χ4n) is 1.79. The van der Waals surface area contributed by atoms with Crippen molar-refractivity contribution in [3.8, 4) is 5.88 Å². The summed E-state index contributed by atoms with van der Waals surface area (Å²) in [7, 11) is 1.82. The Bertz CT molecular complexity index is 345. The number of pyridine rings is 1. The minimum absolute atomic E-state index is 0.324. The average molecular weight is 254 g/mol. The van der Waals surface area contributed by atoms with Crippen LogP contribution in [0.15, 0.2) is 12.3 Å². The quantitative estimate of drug-likeness (QED) is 0.687.